The Kier molecular flexibility index (Phi) is 0.787. The zero-order valence-corrected chi connectivity index (χ0v) is 5.19. The van der Waals surface area contributed by atoms with Crippen LogP contribution in [0.4, 0.5) is 0 Å². The Balaban J connectivity index is 2.13. The summed E-state index contributed by atoms with van der Waals surface area (Å²) >= 11 is 0. The van der Waals surface area contributed by atoms with Crippen LogP contribution in [-0.2, 0) is 0 Å². The van der Waals surface area contributed by atoms with Crippen molar-refractivity contribution in [1.82, 2.24) is 0 Å². The van der Waals surface area contributed by atoms with E-state index in [9.17, 15) is 0 Å². The van der Waals surface area contributed by atoms with Gasteiger partial charge in [-0.15, -0.1) is 0 Å². The number of hydrogen-bond donors (Lipinski definition) is 0. The van der Waals surface area contributed by atoms with E-state index in [1.807, 2.05) is 0 Å². The lowest BCUT2D eigenvalue weighted by Gasteiger charge is -2.43. The second kappa shape index (κ2) is 1.37. The third kappa shape index (κ3) is 0.410. The van der Waals surface area contributed by atoms with Gasteiger partial charge >= 0.3 is 0 Å². The quantitative estimate of drug-likeness (QED) is 0.418. The minimum absolute atomic E-state index is 0.953. The molecule has 0 aromatic heterocycles. The van der Waals surface area contributed by atoms with E-state index in [1.54, 1.807) is 5.57 Å². The summed E-state index contributed by atoms with van der Waals surface area (Å²) in [6, 6.07) is 0. The van der Waals surface area contributed by atoms with Crippen LogP contribution >= 0.6 is 0 Å². The van der Waals surface area contributed by atoms with E-state index < -0.39 is 0 Å². The summed E-state index contributed by atoms with van der Waals surface area (Å²) in [5.74, 6) is 1.91. The van der Waals surface area contributed by atoms with Crippen molar-refractivity contribution in [2.75, 3.05) is 0 Å². The van der Waals surface area contributed by atoms with Crippen LogP contribution in [0.1, 0.15) is 25.7 Å². The molecule has 2 unspecified atom stereocenters. The highest BCUT2D eigenvalue weighted by Gasteiger charge is 2.36. The van der Waals surface area contributed by atoms with Crippen LogP contribution in [0, 0.1) is 11.8 Å². The van der Waals surface area contributed by atoms with E-state index >= 15 is 0 Å². The first-order valence-electron chi connectivity index (χ1n) is 3.56. The van der Waals surface area contributed by atoms with Gasteiger partial charge in [0.2, 0.25) is 0 Å². The molecule has 0 aromatic rings. The molecule has 3 fully saturated rings. The molecular formula is C8H12. The number of allylic oxidation sites excluding steroid dienone is 1. The van der Waals surface area contributed by atoms with Crippen molar-refractivity contribution >= 4 is 0 Å². The Morgan fingerprint density at radius 3 is 2.12 bits per heavy atom. The van der Waals surface area contributed by atoms with Crippen LogP contribution in [0.15, 0.2) is 12.2 Å². The molecule has 3 aliphatic rings. The van der Waals surface area contributed by atoms with Gasteiger partial charge in [-0.3, -0.25) is 0 Å². The molecule has 0 radical (unpaired) electrons. The molecule has 0 amide bonds. The van der Waals surface area contributed by atoms with Gasteiger partial charge in [0.1, 0.15) is 0 Å². The van der Waals surface area contributed by atoms with Crippen molar-refractivity contribution in [3.05, 3.63) is 12.2 Å². The molecular weight excluding hydrogens is 96.1 g/mol. The van der Waals surface area contributed by atoms with Gasteiger partial charge in [-0.2, -0.15) is 0 Å². The van der Waals surface area contributed by atoms with E-state index in [0.29, 0.717) is 0 Å². The molecule has 0 heteroatoms. The molecule has 0 saturated heterocycles. The molecule has 44 valence electrons. The van der Waals surface area contributed by atoms with Crippen molar-refractivity contribution in [2.45, 2.75) is 25.7 Å². The zero-order chi connectivity index (χ0) is 5.56. The molecule has 0 N–H and O–H groups in total. The third-order valence-electron chi connectivity index (χ3n) is 2.72. The average Bonchev–Trinajstić information content (AvgIpc) is 1.89. The molecule has 0 aromatic carbocycles. The monoisotopic (exact) mass is 108 g/mol. The summed E-state index contributed by atoms with van der Waals surface area (Å²) in [5.41, 5.74) is 1.57. The van der Waals surface area contributed by atoms with Crippen LogP contribution in [0.3, 0.4) is 0 Å². The zero-order valence-electron chi connectivity index (χ0n) is 5.19. The Bertz CT molecular complexity index is 108. The first kappa shape index (κ1) is 4.60. The fraction of sp³-hybridized carbons (Fsp3) is 0.750. The van der Waals surface area contributed by atoms with E-state index in [0.717, 1.165) is 11.8 Å². The second-order valence-corrected chi connectivity index (χ2v) is 3.14. The van der Waals surface area contributed by atoms with Crippen LogP contribution in [-0.4, -0.2) is 0 Å². The molecule has 3 saturated carbocycles. The maximum absolute atomic E-state index is 4.04. The molecule has 0 spiro atoms. The SMILES string of the molecule is C=C1C2CCCC1C2. The van der Waals surface area contributed by atoms with E-state index in [-0.39, 0.29) is 0 Å². The predicted molar refractivity (Wildman–Crippen MR) is 34.6 cm³/mol. The molecule has 0 aliphatic heterocycles. The van der Waals surface area contributed by atoms with Gasteiger partial charge in [-0.25, -0.2) is 0 Å². The van der Waals surface area contributed by atoms with Crippen molar-refractivity contribution in [3.8, 4) is 0 Å². The number of hydrogen-bond acceptors (Lipinski definition) is 0. The van der Waals surface area contributed by atoms with Crippen molar-refractivity contribution in [2.24, 2.45) is 11.8 Å². The smallest absolute Gasteiger partial charge is 0.0197 e. The van der Waals surface area contributed by atoms with Gasteiger partial charge in [-0.1, -0.05) is 18.6 Å². The topological polar surface area (TPSA) is 0 Å². The number of rotatable bonds is 0. The maximum atomic E-state index is 4.04. The summed E-state index contributed by atoms with van der Waals surface area (Å²) in [6.07, 6.45) is 5.82. The van der Waals surface area contributed by atoms with Crippen LogP contribution < -0.4 is 0 Å². The van der Waals surface area contributed by atoms with Gasteiger partial charge in [0.25, 0.3) is 0 Å². The summed E-state index contributed by atoms with van der Waals surface area (Å²) in [7, 11) is 0. The van der Waals surface area contributed by atoms with Crippen molar-refractivity contribution < 1.29 is 0 Å². The first-order chi connectivity index (χ1) is 3.88. The predicted octanol–water partition coefficient (Wildman–Crippen LogP) is 2.36. The third-order valence-corrected chi connectivity index (χ3v) is 2.72. The first-order valence-corrected chi connectivity index (χ1v) is 3.56. The fourth-order valence-corrected chi connectivity index (χ4v) is 2.04. The Morgan fingerprint density at radius 1 is 1.25 bits per heavy atom. The maximum Gasteiger partial charge on any atom is -0.0197 e. The average molecular weight is 108 g/mol. The highest BCUT2D eigenvalue weighted by Crippen LogP contribution is 2.48. The molecule has 0 nitrogen and oxygen atoms in total. The summed E-state index contributed by atoms with van der Waals surface area (Å²) in [6.45, 7) is 4.04. The lowest BCUT2D eigenvalue weighted by molar-refractivity contribution is 0.217. The largest absolute Gasteiger partial charge is 0.0993 e. The molecule has 2 bridgehead atoms. The minimum atomic E-state index is 0.953. The van der Waals surface area contributed by atoms with Crippen molar-refractivity contribution in [3.63, 3.8) is 0 Å². The van der Waals surface area contributed by atoms with Crippen LogP contribution in [0.25, 0.3) is 0 Å². The molecule has 0 heterocycles. The van der Waals surface area contributed by atoms with Gasteiger partial charge in [0.05, 0.1) is 0 Å². The van der Waals surface area contributed by atoms with Crippen molar-refractivity contribution in [1.29, 1.82) is 0 Å². The number of fused-ring (bicyclic) bond motifs is 2. The Morgan fingerprint density at radius 2 is 1.88 bits per heavy atom. The van der Waals surface area contributed by atoms with Gasteiger partial charge in [-0.05, 0) is 31.1 Å². The summed E-state index contributed by atoms with van der Waals surface area (Å²) in [4.78, 5) is 0. The van der Waals surface area contributed by atoms with E-state index in [1.165, 1.54) is 25.7 Å². The van der Waals surface area contributed by atoms with Gasteiger partial charge < -0.3 is 0 Å². The molecule has 2 atom stereocenters. The summed E-state index contributed by atoms with van der Waals surface area (Å²) in [5, 5.41) is 0. The molecule has 3 aliphatic carbocycles. The van der Waals surface area contributed by atoms with Gasteiger partial charge in [0, 0.05) is 0 Å². The second-order valence-electron chi connectivity index (χ2n) is 3.14. The highest BCUT2D eigenvalue weighted by atomic mass is 14.4. The Labute approximate surface area is 50.6 Å². The van der Waals surface area contributed by atoms with Crippen LogP contribution in [0.2, 0.25) is 0 Å². The normalized spacial score (nSPS) is 43.8. The lowest BCUT2D eigenvalue weighted by Crippen LogP contribution is -2.31. The Hall–Kier alpha value is -0.260. The minimum Gasteiger partial charge on any atom is -0.0993 e. The standard InChI is InChI=1S/C8H12/c1-6-7-3-2-4-8(6)5-7/h7-8H,1-5H2. The fourth-order valence-electron chi connectivity index (χ4n) is 2.04. The van der Waals surface area contributed by atoms with E-state index in [4.69, 9.17) is 0 Å². The molecule has 8 heavy (non-hydrogen) atoms. The van der Waals surface area contributed by atoms with E-state index in [2.05, 4.69) is 6.58 Å². The van der Waals surface area contributed by atoms with Crippen LogP contribution in [0.5, 0.6) is 0 Å². The lowest BCUT2D eigenvalue weighted by atomic mass is 9.62. The highest BCUT2D eigenvalue weighted by molar-refractivity contribution is 5.18. The summed E-state index contributed by atoms with van der Waals surface area (Å²) < 4.78 is 0. The van der Waals surface area contributed by atoms with Gasteiger partial charge in [0.15, 0.2) is 0 Å². The molecule has 3 rings (SSSR count).